The Bertz CT molecular complexity index is 991. The Kier molecular flexibility index (Phi) is 7.16. The normalized spacial score (nSPS) is 14.6. The standard InChI is InChI=1S/C17H17NO3.C7H7NO/c1-2-13-9-16(19)15-4-3-14(10-17(15)21-13)20-11-12-5-7-18-8-6-12;8-7(9)6-4-2-1-3-5-6/h3-8,10,13H,2,9,11H2,1H3;1-5H,(H2,8,9). The highest BCUT2D eigenvalue weighted by Gasteiger charge is 2.25. The number of carbonyl (C=O) groups excluding carboxylic acids is 2. The van der Waals surface area contributed by atoms with Crippen LogP contribution < -0.4 is 15.2 Å². The van der Waals surface area contributed by atoms with E-state index in [1.165, 1.54) is 0 Å². The van der Waals surface area contributed by atoms with Gasteiger partial charge < -0.3 is 15.2 Å². The number of Topliss-reactive ketones (excluding diaryl/α,β-unsaturated/α-hetero) is 1. The first-order chi connectivity index (χ1) is 14.6. The van der Waals surface area contributed by atoms with Gasteiger partial charge in [-0.3, -0.25) is 14.6 Å². The van der Waals surface area contributed by atoms with Gasteiger partial charge in [0.25, 0.3) is 0 Å². The summed E-state index contributed by atoms with van der Waals surface area (Å²) in [4.78, 5) is 26.4. The largest absolute Gasteiger partial charge is 0.489 e. The zero-order chi connectivity index (χ0) is 21.3. The van der Waals surface area contributed by atoms with Crippen molar-refractivity contribution >= 4 is 11.7 Å². The first-order valence-corrected chi connectivity index (χ1v) is 9.77. The molecule has 0 spiro atoms. The predicted octanol–water partition coefficient (Wildman–Crippen LogP) is 4.19. The number of aromatic nitrogens is 1. The molecule has 30 heavy (non-hydrogen) atoms. The van der Waals surface area contributed by atoms with Gasteiger partial charge in [0.15, 0.2) is 5.78 Å². The molecule has 2 aromatic carbocycles. The van der Waals surface area contributed by atoms with E-state index in [1.807, 2.05) is 31.2 Å². The first kappa shape index (κ1) is 21.0. The molecule has 4 rings (SSSR count). The maximum Gasteiger partial charge on any atom is 0.248 e. The van der Waals surface area contributed by atoms with E-state index in [0.717, 1.165) is 12.0 Å². The Morgan fingerprint density at radius 1 is 1.13 bits per heavy atom. The summed E-state index contributed by atoms with van der Waals surface area (Å²) in [6.07, 6.45) is 4.73. The van der Waals surface area contributed by atoms with Crippen molar-refractivity contribution < 1.29 is 19.1 Å². The number of ketones is 1. The number of fused-ring (bicyclic) bond motifs is 1. The van der Waals surface area contributed by atoms with Gasteiger partial charge in [-0.05, 0) is 48.4 Å². The molecule has 1 aliphatic heterocycles. The highest BCUT2D eigenvalue weighted by atomic mass is 16.5. The third-order valence-electron chi connectivity index (χ3n) is 4.63. The Morgan fingerprint density at radius 3 is 2.50 bits per heavy atom. The fourth-order valence-electron chi connectivity index (χ4n) is 2.93. The van der Waals surface area contributed by atoms with E-state index in [9.17, 15) is 9.59 Å². The lowest BCUT2D eigenvalue weighted by molar-refractivity contribution is 0.0844. The summed E-state index contributed by atoms with van der Waals surface area (Å²) in [6, 6.07) is 18.0. The third kappa shape index (κ3) is 5.67. The Morgan fingerprint density at radius 2 is 1.87 bits per heavy atom. The zero-order valence-electron chi connectivity index (χ0n) is 16.8. The summed E-state index contributed by atoms with van der Waals surface area (Å²) in [6.45, 7) is 2.49. The molecule has 1 aliphatic rings. The van der Waals surface area contributed by atoms with E-state index in [0.29, 0.717) is 35.7 Å². The molecule has 3 aromatic rings. The average Bonchev–Trinajstić information content (AvgIpc) is 2.79. The summed E-state index contributed by atoms with van der Waals surface area (Å²) in [7, 11) is 0. The van der Waals surface area contributed by atoms with Crippen molar-refractivity contribution in [3.8, 4) is 11.5 Å². The lowest BCUT2D eigenvalue weighted by atomic mass is 9.99. The van der Waals surface area contributed by atoms with E-state index in [1.54, 1.807) is 48.8 Å². The molecule has 1 atom stereocenters. The lowest BCUT2D eigenvalue weighted by Crippen LogP contribution is -2.26. The summed E-state index contributed by atoms with van der Waals surface area (Å²) in [5, 5.41) is 0. The van der Waals surface area contributed by atoms with Gasteiger partial charge in [0.1, 0.15) is 24.2 Å². The predicted molar refractivity (Wildman–Crippen MR) is 114 cm³/mol. The van der Waals surface area contributed by atoms with E-state index in [4.69, 9.17) is 15.2 Å². The van der Waals surface area contributed by atoms with Crippen molar-refractivity contribution in [1.29, 1.82) is 0 Å². The summed E-state index contributed by atoms with van der Waals surface area (Å²) in [5.74, 6) is 1.10. The fraction of sp³-hybridized carbons (Fsp3) is 0.208. The van der Waals surface area contributed by atoms with Crippen LogP contribution in [0.5, 0.6) is 11.5 Å². The van der Waals surface area contributed by atoms with E-state index >= 15 is 0 Å². The first-order valence-electron chi connectivity index (χ1n) is 9.77. The van der Waals surface area contributed by atoms with Gasteiger partial charge in [-0.1, -0.05) is 25.1 Å². The van der Waals surface area contributed by atoms with Crippen LogP contribution >= 0.6 is 0 Å². The van der Waals surface area contributed by atoms with Crippen LogP contribution in [0.3, 0.4) is 0 Å². The number of nitrogens with two attached hydrogens (primary N) is 1. The van der Waals surface area contributed by atoms with Crippen molar-refractivity contribution in [3.05, 3.63) is 89.7 Å². The molecule has 2 N–H and O–H groups in total. The van der Waals surface area contributed by atoms with Crippen LogP contribution in [0, 0.1) is 0 Å². The van der Waals surface area contributed by atoms with Gasteiger partial charge in [0.2, 0.25) is 5.91 Å². The number of primary amides is 1. The second kappa shape index (κ2) is 10.2. The van der Waals surface area contributed by atoms with E-state index in [-0.39, 0.29) is 17.8 Å². The molecule has 0 saturated carbocycles. The molecule has 0 bridgehead atoms. The highest BCUT2D eigenvalue weighted by molar-refractivity contribution is 6.00. The van der Waals surface area contributed by atoms with Gasteiger partial charge in [-0.2, -0.15) is 0 Å². The van der Waals surface area contributed by atoms with Crippen LogP contribution in [-0.4, -0.2) is 22.8 Å². The van der Waals surface area contributed by atoms with Crippen LogP contribution in [0.25, 0.3) is 0 Å². The molecule has 1 unspecified atom stereocenters. The SMILES string of the molecule is CCC1CC(=O)c2ccc(OCc3ccncc3)cc2O1.NC(=O)c1ccccc1. The number of pyridine rings is 1. The lowest BCUT2D eigenvalue weighted by Gasteiger charge is -2.24. The zero-order valence-corrected chi connectivity index (χ0v) is 16.8. The molecule has 0 aliphatic carbocycles. The monoisotopic (exact) mass is 404 g/mol. The minimum absolute atomic E-state index is 0.0274. The van der Waals surface area contributed by atoms with Gasteiger partial charge in [-0.25, -0.2) is 0 Å². The van der Waals surface area contributed by atoms with Crippen LogP contribution in [-0.2, 0) is 6.61 Å². The molecule has 1 amide bonds. The number of carbonyl (C=O) groups is 2. The number of benzene rings is 2. The van der Waals surface area contributed by atoms with Crippen molar-refractivity contribution in [1.82, 2.24) is 4.98 Å². The van der Waals surface area contributed by atoms with Crippen molar-refractivity contribution in [2.24, 2.45) is 5.73 Å². The molecule has 154 valence electrons. The maximum absolute atomic E-state index is 12.0. The van der Waals surface area contributed by atoms with Gasteiger partial charge in [-0.15, -0.1) is 0 Å². The Labute approximate surface area is 175 Å². The van der Waals surface area contributed by atoms with Crippen LogP contribution in [0.4, 0.5) is 0 Å². The maximum atomic E-state index is 12.0. The molecule has 0 fully saturated rings. The number of nitrogens with zero attached hydrogens (tertiary/aromatic N) is 1. The van der Waals surface area contributed by atoms with Crippen molar-refractivity contribution in [2.45, 2.75) is 32.5 Å². The van der Waals surface area contributed by atoms with Crippen LogP contribution in [0.2, 0.25) is 0 Å². The van der Waals surface area contributed by atoms with Gasteiger partial charge in [0, 0.05) is 30.4 Å². The molecular formula is C24H24N2O4. The minimum Gasteiger partial charge on any atom is -0.489 e. The molecule has 0 saturated heterocycles. The molecule has 1 aromatic heterocycles. The molecule has 0 radical (unpaired) electrons. The van der Waals surface area contributed by atoms with Crippen LogP contribution in [0.15, 0.2) is 73.1 Å². The molecule has 2 heterocycles. The number of rotatable bonds is 5. The Balaban J connectivity index is 0.000000239. The van der Waals surface area contributed by atoms with Crippen molar-refractivity contribution in [3.63, 3.8) is 0 Å². The quantitative estimate of drug-likeness (QED) is 0.688. The second-order valence-electron chi connectivity index (χ2n) is 6.81. The van der Waals surface area contributed by atoms with E-state index < -0.39 is 0 Å². The fourth-order valence-corrected chi connectivity index (χ4v) is 2.93. The Hall–Kier alpha value is -3.67. The van der Waals surface area contributed by atoms with Gasteiger partial charge in [0.05, 0.1) is 5.56 Å². The number of amides is 1. The number of hydrogen-bond acceptors (Lipinski definition) is 5. The van der Waals surface area contributed by atoms with E-state index in [2.05, 4.69) is 4.98 Å². The minimum atomic E-state index is -0.379. The van der Waals surface area contributed by atoms with Gasteiger partial charge >= 0.3 is 0 Å². The topological polar surface area (TPSA) is 91.5 Å². The second-order valence-corrected chi connectivity index (χ2v) is 6.81. The summed E-state index contributed by atoms with van der Waals surface area (Å²) in [5.41, 5.74) is 7.22. The number of hydrogen-bond donors (Lipinski definition) is 1. The smallest absolute Gasteiger partial charge is 0.248 e. The van der Waals surface area contributed by atoms with Crippen molar-refractivity contribution in [2.75, 3.05) is 0 Å². The molecular weight excluding hydrogens is 380 g/mol. The summed E-state index contributed by atoms with van der Waals surface area (Å²) < 4.78 is 11.6. The van der Waals surface area contributed by atoms with Crippen LogP contribution in [0.1, 0.15) is 46.0 Å². The number of ether oxygens (including phenoxy) is 2. The molecule has 6 nitrogen and oxygen atoms in total. The highest BCUT2D eigenvalue weighted by Crippen LogP contribution is 2.32. The molecule has 6 heteroatoms. The third-order valence-corrected chi connectivity index (χ3v) is 4.63. The average molecular weight is 404 g/mol. The summed E-state index contributed by atoms with van der Waals surface area (Å²) >= 11 is 0.